The van der Waals surface area contributed by atoms with Gasteiger partial charge >= 0.3 is 6.03 Å². The summed E-state index contributed by atoms with van der Waals surface area (Å²) in [6, 6.07) is -0.471. The summed E-state index contributed by atoms with van der Waals surface area (Å²) in [6.07, 6.45) is -0.00472. The van der Waals surface area contributed by atoms with Crippen LogP contribution < -0.4 is 11.1 Å². The molecule has 0 bridgehead atoms. The molecule has 78 valence electrons. The number of hydrogen-bond acceptors (Lipinski definition) is 3. The van der Waals surface area contributed by atoms with Crippen LogP contribution in [0.4, 0.5) is 4.79 Å². The smallest absolute Gasteiger partial charge is 0.325 e. The van der Waals surface area contributed by atoms with E-state index in [4.69, 9.17) is 5.73 Å². The molecule has 0 unspecified atom stereocenters. The number of nitrogens with two attached hydrogens (primary N) is 1. The lowest BCUT2D eigenvalue weighted by Crippen LogP contribution is -2.40. The van der Waals surface area contributed by atoms with Crippen LogP contribution in [0.5, 0.6) is 0 Å². The topological polar surface area (TPSA) is 92.5 Å². The van der Waals surface area contributed by atoms with Gasteiger partial charge in [0.05, 0.1) is 0 Å². The number of amides is 4. The lowest BCUT2D eigenvalue weighted by Gasteiger charge is -2.15. The predicted molar refractivity (Wildman–Crippen MR) is 48.1 cm³/mol. The Labute approximate surface area is 81.4 Å². The fraction of sp³-hybridized carbons (Fsp3) is 0.625. The molecule has 0 atom stereocenters. The molecule has 3 N–H and O–H groups in total. The highest BCUT2D eigenvalue weighted by atomic mass is 16.2. The molecule has 6 nitrogen and oxygen atoms in total. The Bertz CT molecular complexity index is 298. The van der Waals surface area contributed by atoms with Crippen molar-refractivity contribution in [2.75, 3.05) is 6.54 Å². The molecule has 6 heteroatoms. The van der Waals surface area contributed by atoms with Crippen molar-refractivity contribution in [3.8, 4) is 0 Å². The minimum Gasteiger partial charge on any atom is -0.370 e. The zero-order valence-corrected chi connectivity index (χ0v) is 8.16. The van der Waals surface area contributed by atoms with Gasteiger partial charge in [0.15, 0.2) is 0 Å². The lowest BCUT2D eigenvalue weighted by molar-refractivity contribution is -0.130. The van der Waals surface area contributed by atoms with E-state index in [2.05, 4.69) is 5.32 Å². The maximum absolute atomic E-state index is 11.5. The molecule has 1 rings (SSSR count). The van der Waals surface area contributed by atoms with Crippen molar-refractivity contribution in [2.24, 2.45) is 5.73 Å². The summed E-state index contributed by atoms with van der Waals surface area (Å²) < 4.78 is 0. The highest BCUT2D eigenvalue weighted by Gasteiger charge is 2.43. The predicted octanol–water partition coefficient (Wildman–Crippen LogP) is -0.808. The summed E-state index contributed by atoms with van der Waals surface area (Å²) in [5.41, 5.74) is 4.04. The highest BCUT2D eigenvalue weighted by molar-refractivity contribution is 6.06. The lowest BCUT2D eigenvalue weighted by atomic mass is 10.1. The molecule has 1 fully saturated rings. The largest absolute Gasteiger partial charge is 0.370 e. The van der Waals surface area contributed by atoms with Crippen molar-refractivity contribution in [1.82, 2.24) is 10.2 Å². The monoisotopic (exact) mass is 199 g/mol. The van der Waals surface area contributed by atoms with Crippen LogP contribution in [0.2, 0.25) is 0 Å². The zero-order valence-electron chi connectivity index (χ0n) is 8.16. The van der Waals surface area contributed by atoms with Crippen LogP contribution in [-0.2, 0) is 9.59 Å². The third-order valence-corrected chi connectivity index (χ3v) is 2.03. The molecule has 0 aliphatic carbocycles. The molecule has 0 spiro atoms. The van der Waals surface area contributed by atoms with Crippen molar-refractivity contribution in [3.05, 3.63) is 0 Å². The van der Waals surface area contributed by atoms with Gasteiger partial charge < -0.3 is 11.1 Å². The number of rotatable bonds is 3. The third kappa shape index (κ3) is 1.84. The first-order valence-electron chi connectivity index (χ1n) is 4.27. The molecule has 0 aromatic heterocycles. The van der Waals surface area contributed by atoms with E-state index in [1.807, 2.05) is 0 Å². The first-order chi connectivity index (χ1) is 6.34. The summed E-state index contributed by atoms with van der Waals surface area (Å²) in [5, 5.41) is 2.50. The maximum Gasteiger partial charge on any atom is 0.325 e. The number of carbonyl (C=O) groups excluding carboxylic acids is 3. The Morgan fingerprint density at radius 1 is 1.50 bits per heavy atom. The van der Waals surface area contributed by atoms with Gasteiger partial charge in [0.2, 0.25) is 5.91 Å². The number of hydrogen-bond donors (Lipinski definition) is 2. The van der Waals surface area contributed by atoms with Crippen LogP contribution in [0.15, 0.2) is 0 Å². The summed E-state index contributed by atoms with van der Waals surface area (Å²) in [7, 11) is 0. The van der Waals surface area contributed by atoms with Crippen LogP contribution >= 0.6 is 0 Å². The van der Waals surface area contributed by atoms with Gasteiger partial charge in [-0.2, -0.15) is 0 Å². The average Bonchev–Trinajstić information content (AvgIpc) is 2.19. The second-order valence-electron chi connectivity index (χ2n) is 3.73. The van der Waals surface area contributed by atoms with Gasteiger partial charge in [0.1, 0.15) is 5.54 Å². The summed E-state index contributed by atoms with van der Waals surface area (Å²) in [4.78, 5) is 34.3. The van der Waals surface area contributed by atoms with Gasteiger partial charge in [-0.25, -0.2) is 4.79 Å². The summed E-state index contributed by atoms with van der Waals surface area (Å²) >= 11 is 0. The van der Waals surface area contributed by atoms with Gasteiger partial charge in [-0.1, -0.05) is 0 Å². The molecule has 1 saturated heterocycles. The SMILES string of the molecule is CC1(C)NC(=O)N(CCC(N)=O)C1=O. The second-order valence-corrected chi connectivity index (χ2v) is 3.73. The standard InChI is InChI=1S/C8H13N3O3/c1-8(2)6(13)11(7(14)10-8)4-3-5(9)12/h3-4H2,1-2H3,(H2,9,12)(H,10,14). The first-order valence-corrected chi connectivity index (χ1v) is 4.27. The Hall–Kier alpha value is -1.59. The van der Waals surface area contributed by atoms with E-state index in [-0.39, 0.29) is 18.9 Å². The molecule has 1 aliphatic rings. The molecule has 0 aromatic rings. The van der Waals surface area contributed by atoms with E-state index in [1.165, 1.54) is 0 Å². The molecule has 0 saturated carbocycles. The molecule has 1 heterocycles. The number of carbonyl (C=O) groups is 3. The van der Waals surface area contributed by atoms with Crippen LogP contribution in [0.1, 0.15) is 20.3 Å². The number of primary amides is 1. The summed E-state index contributed by atoms with van der Waals surface area (Å²) in [6.45, 7) is 3.26. The number of imide groups is 1. The Morgan fingerprint density at radius 2 is 2.07 bits per heavy atom. The molecule has 14 heavy (non-hydrogen) atoms. The molecule has 1 aliphatic heterocycles. The third-order valence-electron chi connectivity index (χ3n) is 2.03. The van der Waals surface area contributed by atoms with Crippen molar-refractivity contribution in [2.45, 2.75) is 25.8 Å². The fourth-order valence-corrected chi connectivity index (χ4v) is 1.24. The van der Waals surface area contributed by atoms with Gasteiger partial charge in [-0.15, -0.1) is 0 Å². The molecular weight excluding hydrogens is 186 g/mol. The number of nitrogens with one attached hydrogen (secondary N) is 1. The first kappa shape index (κ1) is 10.5. The Balaban J connectivity index is 2.67. The van der Waals surface area contributed by atoms with E-state index in [0.717, 1.165) is 4.90 Å². The average molecular weight is 199 g/mol. The fourth-order valence-electron chi connectivity index (χ4n) is 1.24. The van der Waals surface area contributed by atoms with E-state index >= 15 is 0 Å². The van der Waals surface area contributed by atoms with Crippen molar-refractivity contribution >= 4 is 17.8 Å². The van der Waals surface area contributed by atoms with Crippen LogP contribution in [0.25, 0.3) is 0 Å². The number of urea groups is 1. The highest BCUT2D eigenvalue weighted by Crippen LogP contribution is 2.16. The van der Waals surface area contributed by atoms with E-state index in [0.29, 0.717) is 0 Å². The molecular formula is C8H13N3O3. The Morgan fingerprint density at radius 3 is 2.43 bits per heavy atom. The minimum atomic E-state index is -0.880. The van der Waals surface area contributed by atoms with Gasteiger partial charge in [0.25, 0.3) is 5.91 Å². The van der Waals surface area contributed by atoms with Crippen molar-refractivity contribution in [1.29, 1.82) is 0 Å². The normalized spacial score (nSPS) is 19.7. The maximum atomic E-state index is 11.5. The van der Waals surface area contributed by atoms with Crippen LogP contribution in [0, 0.1) is 0 Å². The molecule has 0 aromatic carbocycles. The molecule has 4 amide bonds. The number of nitrogens with zero attached hydrogens (tertiary/aromatic N) is 1. The minimum absolute atomic E-state index is 0.00472. The van der Waals surface area contributed by atoms with Gasteiger partial charge in [-0.05, 0) is 13.8 Å². The summed E-state index contributed by atoms with van der Waals surface area (Å²) in [5.74, 6) is -0.862. The van der Waals surface area contributed by atoms with Gasteiger partial charge in [-0.3, -0.25) is 14.5 Å². The van der Waals surface area contributed by atoms with Crippen molar-refractivity contribution < 1.29 is 14.4 Å². The van der Waals surface area contributed by atoms with Crippen molar-refractivity contribution in [3.63, 3.8) is 0 Å². The van der Waals surface area contributed by atoms with Crippen LogP contribution in [0.3, 0.4) is 0 Å². The van der Waals surface area contributed by atoms with E-state index in [1.54, 1.807) is 13.8 Å². The Kier molecular flexibility index (Phi) is 2.46. The van der Waals surface area contributed by atoms with E-state index < -0.39 is 17.5 Å². The van der Waals surface area contributed by atoms with E-state index in [9.17, 15) is 14.4 Å². The van der Waals surface area contributed by atoms with Gasteiger partial charge in [0, 0.05) is 13.0 Å². The second kappa shape index (κ2) is 3.28. The molecule has 0 radical (unpaired) electrons. The quantitative estimate of drug-likeness (QED) is 0.582. The van der Waals surface area contributed by atoms with Crippen LogP contribution in [-0.4, -0.2) is 34.8 Å². The zero-order chi connectivity index (χ0) is 10.9.